The van der Waals surface area contributed by atoms with Crippen LogP contribution < -0.4 is 9.44 Å². The molecule has 0 amide bonds. The molecule has 29 heavy (non-hydrogen) atoms. The van der Waals surface area contributed by atoms with E-state index < -0.39 is 26.0 Å². The standard InChI is InChI=1S/C19H22N2O6S2/c1-12(2)20-28(24,25)16-8-6-15(7-9-16)21-29(26,27)18-11-14(19(22)23)10-13-4-3-5-17(13)18/h6-12,20-21H,3-5H2,1-2H3,(H,22,23). The number of nitrogens with one attached hydrogen (secondary N) is 2. The van der Waals surface area contributed by atoms with Gasteiger partial charge in [-0.05, 0) is 80.6 Å². The summed E-state index contributed by atoms with van der Waals surface area (Å²) in [5, 5.41) is 9.29. The zero-order chi connectivity index (χ0) is 21.4. The zero-order valence-corrected chi connectivity index (χ0v) is 17.6. The maximum atomic E-state index is 12.9. The molecule has 3 rings (SSSR count). The first-order valence-electron chi connectivity index (χ1n) is 9.04. The predicted molar refractivity (Wildman–Crippen MR) is 108 cm³/mol. The lowest BCUT2D eigenvalue weighted by atomic mass is 10.1. The summed E-state index contributed by atoms with van der Waals surface area (Å²) in [5.74, 6) is -1.19. The maximum Gasteiger partial charge on any atom is 0.335 e. The highest BCUT2D eigenvalue weighted by molar-refractivity contribution is 7.92. The van der Waals surface area contributed by atoms with Crippen LogP contribution in [0.5, 0.6) is 0 Å². The number of anilines is 1. The van der Waals surface area contributed by atoms with E-state index in [1.807, 2.05) is 0 Å². The Labute approximate surface area is 170 Å². The van der Waals surface area contributed by atoms with Crippen molar-refractivity contribution in [3.05, 3.63) is 53.1 Å². The van der Waals surface area contributed by atoms with E-state index in [-0.39, 0.29) is 27.1 Å². The van der Waals surface area contributed by atoms with Gasteiger partial charge in [0.1, 0.15) is 0 Å². The van der Waals surface area contributed by atoms with Crippen molar-refractivity contribution in [3.63, 3.8) is 0 Å². The van der Waals surface area contributed by atoms with E-state index in [1.165, 1.54) is 36.4 Å². The smallest absolute Gasteiger partial charge is 0.335 e. The quantitative estimate of drug-likeness (QED) is 0.608. The van der Waals surface area contributed by atoms with Crippen LogP contribution in [0.1, 0.15) is 41.8 Å². The Balaban J connectivity index is 1.92. The molecule has 2 aromatic rings. The molecule has 0 fully saturated rings. The van der Waals surface area contributed by atoms with Gasteiger partial charge in [-0.3, -0.25) is 4.72 Å². The van der Waals surface area contributed by atoms with Crippen molar-refractivity contribution >= 4 is 31.7 Å². The lowest BCUT2D eigenvalue weighted by molar-refractivity contribution is 0.0696. The van der Waals surface area contributed by atoms with Gasteiger partial charge in [0.25, 0.3) is 10.0 Å². The van der Waals surface area contributed by atoms with Crippen LogP contribution in [0.3, 0.4) is 0 Å². The van der Waals surface area contributed by atoms with E-state index in [0.29, 0.717) is 18.4 Å². The first-order valence-corrected chi connectivity index (χ1v) is 12.0. The first kappa shape index (κ1) is 21.3. The SMILES string of the molecule is CC(C)NS(=O)(=O)c1ccc(NS(=O)(=O)c2cc(C(=O)O)cc3c2CCC3)cc1. The van der Waals surface area contributed by atoms with Gasteiger partial charge in [-0.1, -0.05) is 0 Å². The molecule has 0 aromatic heterocycles. The Morgan fingerprint density at radius 1 is 1.00 bits per heavy atom. The van der Waals surface area contributed by atoms with E-state index in [9.17, 15) is 26.7 Å². The number of fused-ring (bicyclic) bond motifs is 1. The summed E-state index contributed by atoms with van der Waals surface area (Å²) < 4.78 is 55.1. The first-order chi connectivity index (χ1) is 13.5. The van der Waals surface area contributed by atoms with E-state index in [2.05, 4.69) is 9.44 Å². The zero-order valence-electron chi connectivity index (χ0n) is 16.0. The van der Waals surface area contributed by atoms with Crippen LogP contribution in [0.4, 0.5) is 5.69 Å². The number of aryl methyl sites for hydroxylation is 1. The van der Waals surface area contributed by atoms with Gasteiger partial charge in [0, 0.05) is 11.7 Å². The molecule has 0 saturated heterocycles. The third-order valence-corrected chi connectivity index (χ3v) is 7.64. The average Bonchev–Trinajstić information content (AvgIpc) is 3.08. The highest BCUT2D eigenvalue weighted by atomic mass is 32.2. The normalized spacial score (nSPS) is 14.0. The number of sulfonamides is 2. The molecule has 0 radical (unpaired) electrons. The molecule has 0 saturated carbocycles. The van der Waals surface area contributed by atoms with Crippen LogP contribution in [0, 0.1) is 0 Å². The minimum atomic E-state index is -4.04. The molecule has 0 atom stereocenters. The third kappa shape index (κ3) is 4.60. The van der Waals surface area contributed by atoms with Gasteiger partial charge in [-0.25, -0.2) is 26.4 Å². The fourth-order valence-corrected chi connectivity index (χ4v) is 5.97. The summed E-state index contributed by atoms with van der Waals surface area (Å²) in [6, 6.07) is 7.73. The van der Waals surface area contributed by atoms with Crippen molar-refractivity contribution in [2.75, 3.05) is 4.72 Å². The molecule has 0 heterocycles. The van der Waals surface area contributed by atoms with Crippen molar-refractivity contribution in [2.45, 2.75) is 48.9 Å². The molecule has 3 N–H and O–H groups in total. The molecule has 8 nitrogen and oxygen atoms in total. The maximum absolute atomic E-state index is 12.9. The molecular formula is C19H22N2O6S2. The van der Waals surface area contributed by atoms with E-state index in [4.69, 9.17) is 0 Å². The van der Waals surface area contributed by atoms with Crippen LogP contribution in [0.15, 0.2) is 46.2 Å². The lowest BCUT2D eigenvalue weighted by Crippen LogP contribution is -2.30. The number of aromatic carboxylic acids is 1. The average molecular weight is 439 g/mol. The van der Waals surface area contributed by atoms with Crippen LogP contribution in [-0.2, 0) is 32.9 Å². The van der Waals surface area contributed by atoms with E-state index in [0.717, 1.165) is 12.0 Å². The van der Waals surface area contributed by atoms with Crippen molar-refractivity contribution in [3.8, 4) is 0 Å². The summed E-state index contributed by atoms with van der Waals surface area (Å²) in [4.78, 5) is 11.3. The summed E-state index contributed by atoms with van der Waals surface area (Å²) in [5.41, 5.74) is 1.46. The van der Waals surface area contributed by atoms with Gasteiger partial charge in [-0.15, -0.1) is 0 Å². The largest absolute Gasteiger partial charge is 0.478 e. The molecule has 0 bridgehead atoms. The third-order valence-electron chi connectivity index (χ3n) is 4.52. The number of carboxylic acids is 1. The molecule has 1 aliphatic rings. The van der Waals surface area contributed by atoms with Crippen LogP contribution >= 0.6 is 0 Å². The van der Waals surface area contributed by atoms with Gasteiger partial charge in [0.15, 0.2) is 0 Å². The molecule has 0 spiro atoms. The lowest BCUT2D eigenvalue weighted by Gasteiger charge is -2.14. The molecule has 10 heteroatoms. The number of carbonyl (C=O) groups is 1. The van der Waals surface area contributed by atoms with Gasteiger partial charge >= 0.3 is 5.97 Å². The highest BCUT2D eigenvalue weighted by Gasteiger charge is 2.26. The van der Waals surface area contributed by atoms with Crippen molar-refractivity contribution < 1.29 is 26.7 Å². The van der Waals surface area contributed by atoms with Crippen molar-refractivity contribution in [2.24, 2.45) is 0 Å². The number of hydrogen-bond donors (Lipinski definition) is 3. The fraction of sp³-hybridized carbons (Fsp3) is 0.316. The van der Waals surface area contributed by atoms with Gasteiger partial charge < -0.3 is 5.11 Å². The Kier molecular flexibility index (Phi) is 5.70. The van der Waals surface area contributed by atoms with Gasteiger partial charge in [0.2, 0.25) is 10.0 Å². The van der Waals surface area contributed by atoms with Crippen molar-refractivity contribution in [1.82, 2.24) is 4.72 Å². The second kappa shape index (κ2) is 7.77. The summed E-state index contributed by atoms with van der Waals surface area (Å²) in [6.07, 6.45) is 1.95. The Hall–Kier alpha value is -2.43. The Bertz CT molecular complexity index is 1150. The number of rotatable bonds is 7. The molecular weight excluding hydrogens is 416 g/mol. The number of benzene rings is 2. The minimum absolute atomic E-state index is 0.0166. The summed E-state index contributed by atoms with van der Waals surface area (Å²) in [7, 11) is -7.73. The molecule has 1 aliphatic carbocycles. The van der Waals surface area contributed by atoms with Crippen LogP contribution in [-0.4, -0.2) is 34.0 Å². The van der Waals surface area contributed by atoms with Gasteiger partial charge in [0.05, 0.1) is 15.4 Å². The predicted octanol–water partition coefficient (Wildman–Crippen LogP) is 2.36. The molecule has 2 aromatic carbocycles. The summed E-state index contributed by atoms with van der Waals surface area (Å²) >= 11 is 0. The fourth-order valence-electron chi connectivity index (χ4n) is 3.32. The van der Waals surface area contributed by atoms with Crippen LogP contribution in [0.25, 0.3) is 0 Å². The Morgan fingerprint density at radius 3 is 2.24 bits per heavy atom. The van der Waals surface area contributed by atoms with Crippen LogP contribution in [0.2, 0.25) is 0 Å². The molecule has 156 valence electrons. The van der Waals surface area contributed by atoms with Crippen molar-refractivity contribution in [1.29, 1.82) is 0 Å². The number of hydrogen-bond acceptors (Lipinski definition) is 5. The number of carboxylic acid groups (broad SMARTS) is 1. The Morgan fingerprint density at radius 2 is 1.66 bits per heavy atom. The summed E-state index contributed by atoms with van der Waals surface area (Å²) in [6.45, 7) is 3.40. The van der Waals surface area contributed by atoms with E-state index >= 15 is 0 Å². The molecule has 0 aliphatic heterocycles. The highest BCUT2D eigenvalue weighted by Crippen LogP contribution is 2.31. The van der Waals surface area contributed by atoms with E-state index in [1.54, 1.807) is 13.8 Å². The minimum Gasteiger partial charge on any atom is -0.478 e. The molecule has 0 unspecified atom stereocenters. The second-order valence-corrected chi connectivity index (χ2v) is 10.5. The topological polar surface area (TPSA) is 130 Å². The monoisotopic (exact) mass is 438 g/mol. The van der Waals surface area contributed by atoms with Gasteiger partial charge in [-0.2, -0.15) is 0 Å². The second-order valence-electron chi connectivity index (χ2n) is 7.18.